The fraction of sp³-hybridized carbons (Fsp3) is 0.632. The Morgan fingerprint density at radius 3 is 2.48 bits per heavy atom. The molecule has 2 atom stereocenters. The minimum atomic E-state index is 0.219. The smallest absolute Gasteiger partial charge is 0.137 e. The molecule has 2 unspecified atom stereocenters. The third-order valence-electron chi connectivity index (χ3n) is 4.82. The van der Waals surface area contributed by atoms with Gasteiger partial charge in [0.15, 0.2) is 0 Å². The van der Waals surface area contributed by atoms with E-state index >= 15 is 0 Å². The molecule has 1 saturated carbocycles. The van der Waals surface area contributed by atoms with Crippen LogP contribution in [0.5, 0.6) is 0 Å². The maximum absolute atomic E-state index is 12.2. The highest BCUT2D eigenvalue weighted by atomic mass is 16.1. The number of hydrogen-bond donors (Lipinski definition) is 0. The molecule has 0 radical (unpaired) electrons. The monoisotopic (exact) mass is 287 g/mol. The van der Waals surface area contributed by atoms with Crippen molar-refractivity contribution in [1.82, 2.24) is 4.90 Å². The summed E-state index contributed by atoms with van der Waals surface area (Å²) in [6, 6.07) is 10.5. The van der Waals surface area contributed by atoms with Gasteiger partial charge >= 0.3 is 0 Å². The molecular formula is C19H29NO. The van der Waals surface area contributed by atoms with Crippen molar-refractivity contribution in [1.29, 1.82) is 0 Å². The first-order valence-corrected chi connectivity index (χ1v) is 8.11. The molecule has 1 aromatic carbocycles. The van der Waals surface area contributed by atoms with Gasteiger partial charge in [-0.25, -0.2) is 0 Å². The largest absolute Gasteiger partial charge is 0.301 e. The Balaban J connectivity index is 1.92. The molecule has 21 heavy (non-hydrogen) atoms. The van der Waals surface area contributed by atoms with Crippen molar-refractivity contribution in [3.63, 3.8) is 0 Å². The minimum Gasteiger partial charge on any atom is -0.301 e. The molecule has 0 saturated heterocycles. The zero-order valence-electron chi connectivity index (χ0n) is 13.9. The van der Waals surface area contributed by atoms with Gasteiger partial charge in [0.2, 0.25) is 0 Å². The molecule has 2 heteroatoms. The Kier molecular flexibility index (Phi) is 5.21. The summed E-state index contributed by atoms with van der Waals surface area (Å²) in [4.78, 5) is 14.5. The maximum Gasteiger partial charge on any atom is 0.137 e. The van der Waals surface area contributed by atoms with Crippen molar-refractivity contribution >= 4 is 5.78 Å². The van der Waals surface area contributed by atoms with Gasteiger partial charge < -0.3 is 4.90 Å². The summed E-state index contributed by atoms with van der Waals surface area (Å²) < 4.78 is 0. The van der Waals surface area contributed by atoms with Gasteiger partial charge in [-0.1, -0.05) is 51.1 Å². The van der Waals surface area contributed by atoms with E-state index in [9.17, 15) is 4.79 Å². The van der Waals surface area contributed by atoms with Gasteiger partial charge in [-0.2, -0.15) is 0 Å². The van der Waals surface area contributed by atoms with Crippen LogP contribution in [0.15, 0.2) is 30.3 Å². The van der Waals surface area contributed by atoms with Crippen molar-refractivity contribution in [3.8, 4) is 0 Å². The molecule has 2 nitrogen and oxygen atoms in total. The third-order valence-corrected chi connectivity index (χ3v) is 4.82. The SMILES string of the molecule is CN(Cc1ccccc1)CC1CC(C(C)(C)C)CCC1=O. The van der Waals surface area contributed by atoms with E-state index in [1.54, 1.807) is 0 Å². The number of benzene rings is 1. The lowest BCUT2D eigenvalue weighted by Crippen LogP contribution is -2.37. The maximum atomic E-state index is 12.2. The number of hydrogen-bond acceptors (Lipinski definition) is 2. The third kappa shape index (κ3) is 4.67. The van der Waals surface area contributed by atoms with Crippen LogP contribution >= 0.6 is 0 Å². The van der Waals surface area contributed by atoms with Gasteiger partial charge in [-0.15, -0.1) is 0 Å². The van der Waals surface area contributed by atoms with Crippen LogP contribution in [0.1, 0.15) is 45.6 Å². The van der Waals surface area contributed by atoms with Crippen molar-refractivity contribution in [2.45, 2.75) is 46.6 Å². The molecule has 0 bridgehead atoms. The molecule has 0 aliphatic heterocycles. The number of carbonyl (C=O) groups excluding carboxylic acids is 1. The van der Waals surface area contributed by atoms with E-state index in [0.717, 1.165) is 32.4 Å². The molecule has 0 aromatic heterocycles. The van der Waals surface area contributed by atoms with E-state index in [2.05, 4.69) is 57.0 Å². The van der Waals surface area contributed by atoms with Crippen molar-refractivity contribution in [3.05, 3.63) is 35.9 Å². The van der Waals surface area contributed by atoms with Crippen LogP contribution in [-0.2, 0) is 11.3 Å². The Morgan fingerprint density at radius 2 is 1.86 bits per heavy atom. The average molecular weight is 287 g/mol. The van der Waals surface area contributed by atoms with Crippen LogP contribution in [0, 0.1) is 17.3 Å². The zero-order valence-corrected chi connectivity index (χ0v) is 13.9. The second kappa shape index (κ2) is 6.74. The van der Waals surface area contributed by atoms with Crippen molar-refractivity contribution < 1.29 is 4.79 Å². The molecule has 116 valence electrons. The first kappa shape index (κ1) is 16.2. The fourth-order valence-electron chi connectivity index (χ4n) is 3.41. The van der Waals surface area contributed by atoms with Gasteiger partial charge in [-0.05, 0) is 36.8 Å². The Morgan fingerprint density at radius 1 is 1.19 bits per heavy atom. The number of ketones is 1. The van der Waals surface area contributed by atoms with Gasteiger partial charge in [0, 0.05) is 25.4 Å². The highest BCUT2D eigenvalue weighted by Crippen LogP contribution is 2.39. The molecule has 2 rings (SSSR count). The number of nitrogens with zero attached hydrogens (tertiary/aromatic N) is 1. The van der Waals surface area contributed by atoms with Crippen LogP contribution in [0.2, 0.25) is 0 Å². The minimum absolute atomic E-state index is 0.219. The van der Waals surface area contributed by atoms with E-state index in [4.69, 9.17) is 0 Å². The lowest BCUT2D eigenvalue weighted by atomic mass is 9.68. The highest BCUT2D eigenvalue weighted by molar-refractivity contribution is 5.82. The highest BCUT2D eigenvalue weighted by Gasteiger charge is 2.35. The molecule has 0 spiro atoms. The Labute approximate surface area is 129 Å². The van der Waals surface area contributed by atoms with Gasteiger partial charge in [-0.3, -0.25) is 4.79 Å². The van der Waals surface area contributed by atoms with Crippen LogP contribution in [0.4, 0.5) is 0 Å². The topological polar surface area (TPSA) is 20.3 Å². The predicted octanol–water partition coefficient (Wildman–Crippen LogP) is 4.15. The number of carbonyl (C=O) groups is 1. The summed E-state index contributed by atoms with van der Waals surface area (Å²) in [5, 5.41) is 0. The summed E-state index contributed by atoms with van der Waals surface area (Å²) >= 11 is 0. The standard InChI is InChI=1S/C19H29NO/c1-19(2,3)17-10-11-18(21)16(12-17)14-20(4)13-15-8-6-5-7-9-15/h5-9,16-17H,10-14H2,1-4H3. The Bertz CT molecular complexity index is 460. The summed E-state index contributed by atoms with van der Waals surface area (Å²) in [6.45, 7) is 8.72. The van der Waals surface area contributed by atoms with Crippen LogP contribution in [0.3, 0.4) is 0 Å². The summed E-state index contributed by atoms with van der Waals surface area (Å²) in [7, 11) is 2.13. The summed E-state index contributed by atoms with van der Waals surface area (Å²) in [6.07, 6.45) is 2.90. The molecule has 1 aromatic rings. The van der Waals surface area contributed by atoms with E-state index in [0.29, 0.717) is 17.1 Å². The van der Waals surface area contributed by atoms with E-state index in [-0.39, 0.29) is 5.92 Å². The van der Waals surface area contributed by atoms with Gasteiger partial charge in [0.25, 0.3) is 0 Å². The van der Waals surface area contributed by atoms with Gasteiger partial charge in [0.05, 0.1) is 0 Å². The second-order valence-electron chi connectivity index (χ2n) is 7.68. The van der Waals surface area contributed by atoms with Crippen LogP contribution < -0.4 is 0 Å². The van der Waals surface area contributed by atoms with E-state index < -0.39 is 0 Å². The molecule has 1 fully saturated rings. The number of rotatable bonds is 4. The molecule has 1 aliphatic rings. The lowest BCUT2D eigenvalue weighted by molar-refractivity contribution is -0.127. The van der Waals surface area contributed by atoms with Crippen LogP contribution in [0.25, 0.3) is 0 Å². The normalized spacial score (nSPS) is 23.6. The zero-order chi connectivity index (χ0) is 15.5. The summed E-state index contributed by atoms with van der Waals surface area (Å²) in [5.74, 6) is 1.36. The molecule has 1 aliphatic carbocycles. The van der Waals surface area contributed by atoms with Crippen LogP contribution in [-0.4, -0.2) is 24.3 Å². The lowest BCUT2D eigenvalue weighted by Gasteiger charge is -2.38. The molecule has 0 N–H and O–H groups in total. The van der Waals surface area contributed by atoms with E-state index in [1.165, 1.54) is 5.56 Å². The number of Topliss-reactive ketones (excluding diaryl/α,β-unsaturated/α-hetero) is 1. The van der Waals surface area contributed by atoms with E-state index in [1.807, 2.05) is 6.07 Å². The quantitative estimate of drug-likeness (QED) is 0.829. The van der Waals surface area contributed by atoms with Crippen molar-refractivity contribution in [2.24, 2.45) is 17.3 Å². The predicted molar refractivity (Wildman–Crippen MR) is 88.1 cm³/mol. The summed E-state index contributed by atoms with van der Waals surface area (Å²) in [5.41, 5.74) is 1.63. The molecule has 0 heterocycles. The second-order valence-corrected chi connectivity index (χ2v) is 7.68. The molecular weight excluding hydrogens is 258 g/mol. The first-order valence-electron chi connectivity index (χ1n) is 8.11. The van der Waals surface area contributed by atoms with Gasteiger partial charge in [0.1, 0.15) is 5.78 Å². The van der Waals surface area contributed by atoms with Crippen molar-refractivity contribution in [2.75, 3.05) is 13.6 Å². The first-order chi connectivity index (χ1) is 9.86. The average Bonchev–Trinajstić information content (AvgIpc) is 2.41. The Hall–Kier alpha value is -1.15. The fourth-order valence-corrected chi connectivity index (χ4v) is 3.41. The molecule has 0 amide bonds.